The summed E-state index contributed by atoms with van der Waals surface area (Å²) in [5.41, 5.74) is 0.355. The fourth-order valence-corrected chi connectivity index (χ4v) is 1.72. The molecule has 1 aromatic heterocycles. The zero-order valence-electron chi connectivity index (χ0n) is 13.9. The zero-order chi connectivity index (χ0) is 15.2. The summed E-state index contributed by atoms with van der Waals surface area (Å²) < 4.78 is 5.05. The number of nitrogens with one attached hydrogen (secondary N) is 2. The van der Waals surface area contributed by atoms with Crippen LogP contribution in [0.3, 0.4) is 0 Å². The van der Waals surface area contributed by atoms with Gasteiger partial charge < -0.3 is 15.2 Å². The molecule has 6 nitrogen and oxygen atoms in total. The highest BCUT2D eigenvalue weighted by Crippen LogP contribution is 2.21. The Hall–Kier alpha value is -0.860. The molecule has 0 saturated carbocycles. The van der Waals surface area contributed by atoms with Crippen LogP contribution < -0.4 is 10.6 Å². The summed E-state index contributed by atoms with van der Waals surface area (Å²) in [5, 5.41) is 10.3. The lowest BCUT2D eigenvalue weighted by Crippen LogP contribution is -2.42. The first-order chi connectivity index (χ1) is 9.30. The fraction of sp³-hybridized carbons (Fsp3) is 0.786. The molecule has 0 aromatic carbocycles. The average Bonchev–Trinajstić information content (AvgIpc) is 2.77. The van der Waals surface area contributed by atoms with Crippen molar-refractivity contribution < 1.29 is 4.52 Å². The van der Waals surface area contributed by atoms with Crippen molar-refractivity contribution in [3.8, 4) is 0 Å². The Morgan fingerprint density at radius 1 is 1.38 bits per heavy atom. The highest BCUT2D eigenvalue weighted by Gasteiger charge is 2.13. The van der Waals surface area contributed by atoms with E-state index in [0.29, 0.717) is 29.7 Å². The highest BCUT2D eigenvalue weighted by molar-refractivity contribution is 14.0. The average molecular weight is 409 g/mol. The van der Waals surface area contributed by atoms with E-state index < -0.39 is 0 Å². The Balaban J connectivity index is 0.00000400. The van der Waals surface area contributed by atoms with Crippen LogP contribution >= 0.6 is 24.0 Å². The Morgan fingerprint density at radius 2 is 2.05 bits per heavy atom. The minimum Gasteiger partial charge on any atom is -0.354 e. The van der Waals surface area contributed by atoms with Crippen molar-refractivity contribution in [1.29, 1.82) is 0 Å². The van der Waals surface area contributed by atoms with Gasteiger partial charge in [-0.05, 0) is 32.1 Å². The fourth-order valence-electron chi connectivity index (χ4n) is 1.72. The van der Waals surface area contributed by atoms with Crippen molar-refractivity contribution in [2.24, 2.45) is 10.4 Å². The molecule has 1 unspecified atom stereocenters. The predicted molar refractivity (Wildman–Crippen MR) is 95.9 cm³/mol. The number of aromatic nitrogens is 2. The normalized spacial score (nSPS) is 13.5. The van der Waals surface area contributed by atoms with Gasteiger partial charge in [0.2, 0.25) is 5.89 Å². The highest BCUT2D eigenvalue weighted by atomic mass is 127. The van der Waals surface area contributed by atoms with Crippen LogP contribution in [0.1, 0.15) is 52.3 Å². The molecule has 122 valence electrons. The predicted octanol–water partition coefficient (Wildman–Crippen LogP) is 2.88. The van der Waals surface area contributed by atoms with Crippen LogP contribution in [0, 0.1) is 12.3 Å². The van der Waals surface area contributed by atoms with Crippen molar-refractivity contribution in [1.82, 2.24) is 20.8 Å². The smallest absolute Gasteiger partial charge is 0.246 e. The van der Waals surface area contributed by atoms with E-state index in [1.807, 2.05) is 0 Å². The molecule has 0 fully saturated rings. The Kier molecular flexibility index (Phi) is 8.84. The van der Waals surface area contributed by atoms with E-state index in [9.17, 15) is 0 Å². The van der Waals surface area contributed by atoms with Crippen molar-refractivity contribution in [3.05, 3.63) is 11.7 Å². The van der Waals surface area contributed by atoms with Crippen LogP contribution in [0.4, 0.5) is 0 Å². The monoisotopic (exact) mass is 409 g/mol. The molecule has 1 aromatic rings. The van der Waals surface area contributed by atoms with Gasteiger partial charge in [-0.25, -0.2) is 0 Å². The lowest BCUT2D eigenvalue weighted by atomic mass is 9.89. The molecule has 0 saturated heterocycles. The number of hydrogen-bond acceptors (Lipinski definition) is 4. The van der Waals surface area contributed by atoms with E-state index in [1.165, 1.54) is 6.42 Å². The number of hydrogen-bond donors (Lipinski definition) is 2. The minimum absolute atomic E-state index is 0. The first kappa shape index (κ1) is 20.1. The Labute approximate surface area is 144 Å². The maximum absolute atomic E-state index is 5.05. The maximum Gasteiger partial charge on any atom is 0.246 e. The molecule has 1 atom stereocenters. The summed E-state index contributed by atoms with van der Waals surface area (Å²) >= 11 is 0. The van der Waals surface area contributed by atoms with Crippen LogP contribution in [0.2, 0.25) is 0 Å². The maximum atomic E-state index is 5.05. The third-order valence-electron chi connectivity index (χ3n) is 2.91. The summed E-state index contributed by atoms with van der Waals surface area (Å²) in [5.74, 6) is 1.96. The summed E-state index contributed by atoms with van der Waals surface area (Å²) in [6.07, 6.45) is 2.27. The number of rotatable bonds is 5. The molecule has 2 N–H and O–H groups in total. The van der Waals surface area contributed by atoms with Gasteiger partial charge in [0.15, 0.2) is 11.8 Å². The van der Waals surface area contributed by atoms with Crippen LogP contribution in [-0.4, -0.2) is 29.2 Å². The van der Waals surface area contributed by atoms with E-state index in [4.69, 9.17) is 4.52 Å². The number of aliphatic imine (C=N–C) groups is 1. The van der Waals surface area contributed by atoms with Gasteiger partial charge in [0.05, 0.1) is 6.54 Å². The molecular weight excluding hydrogens is 381 g/mol. The summed E-state index contributed by atoms with van der Waals surface area (Å²) in [6, 6.07) is 0.366. The molecule has 0 bridgehead atoms. The van der Waals surface area contributed by atoms with Crippen LogP contribution in [-0.2, 0) is 6.54 Å². The van der Waals surface area contributed by atoms with E-state index >= 15 is 0 Å². The number of halogens is 1. The summed E-state index contributed by atoms with van der Waals surface area (Å²) in [6.45, 7) is 11.2. The molecule has 0 amide bonds. The molecule has 0 radical (unpaired) electrons. The molecule has 0 spiro atoms. The Bertz CT molecular complexity index is 439. The second kappa shape index (κ2) is 9.22. The van der Waals surface area contributed by atoms with Gasteiger partial charge in [-0.15, -0.1) is 24.0 Å². The number of nitrogens with zero attached hydrogens (tertiary/aromatic N) is 3. The van der Waals surface area contributed by atoms with Crippen molar-refractivity contribution >= 4 is 29.9 Å². The van der Waals surface area contributed by atoms with Gasteiger partial charge in [-0.3, -0.25) is 4.99 Å². The molecule has 1 rings (SSSR count). The SMILES string of the molecule is CN=C(NCc1nc(C)no1)NC(C)CCC(C)(C)C.I. The summed E-state index contributed by atoms with van der Waals surface area (Å²) in [7, 11) is 1.75. The van der Waals surface area contributed by atoms with Crippen molar-refractivity contribution in [2.75, 3.05) is 7.05 Å². The standard InChI is InChI=1S/C14H27N5O.HI/c1-10(7-8-14(3,4)5)17-13(15-6)16-9-12-18-11(2)19-20-12;/h10H,7-9H2,1-6H3,(H2,15,16,17);1H. The van der Waals surface area contributed by atoms with Crippen LogP contribution in [0.15, 0.2) is 9.52 Å². The van der Waals surface area contributed by atoms with E-state index in [0.717, 1.165) is 12.4 Å². The second-order valence-corrected chi connectivity index (χ2v) is 6.31. The lowest BCUT2D eigenvalue weighted by Gasteiger charge is -2.22. The van der Waals surface area contributed by atoms with E-state index in [2.05, 4.69) is 53.5 Å². The number of guanidine groups is 1. The first-order valence-electron chi connectivity index (χ1n) is 7.06. The van der Waals surface area contributed by atoms with Crippen LogP contribution in [0.25, 0.3) is 0 Å². The van der Waals surface area contributed by atoms with Gasteiger partial charge in [-0.2, -0.15) is 4.98 Å². The minimum atomic E-state index is 0. The van der Waals surface area contributed by atoms with E-state index in [1.54, 1.807) is 14.0 Å². The second-order valence-electron chi connectivity index (χ2n) is 6.31. The molecule has 0 aliphatic heterocycles. The van der Waals surface area contributed by atoms with Gasteiger partial charge in [0.25, 0.3) is 0 Å². The largest absolute Gasteiger partial charge is 0.354 e. The lowest BCUT2D eigenvalue weighted by molar-refractivity contribution is 0.345. The summed E-state index contributed by atoms with van der Waals surface area (Å²) in [4.78, 5) is 8.34. The molecule has 0 aliphatic carbocycles. The van der Waals surface area contributed by atoms with Gasteiger partial charge in [0.1, 0.15) is 0 Å². The van der Waals surface area contributed by atoms with Crippen molar-refractivity contribution in [2.45, 2.75) is 60.0 Å². The zero-order valence-corrected chi connectivity index (χ0v) is 16.2. The quantitative estimate of drug-likeness (QED) is 0.445. The molecule has 1 heterocycles. The van der Waals surface area contributed by atoms with E-state index in [-0.39, 0.29) is 24.0 Å². The molecule has 21 heavy (non-hydrogen) atoms. The third-order valence-corrected chi connectivity index (χ3v) is 2.91. The molecular formula is C14H28IN5O. The number of aryl methyl sites for hydroxylation is 1. The van der Waals surface area contributed by atoms with Crippen molar-refractivity contribution in [3.63, 3.8) is 0 Å². The first-order valence-corrected chi connectivity index (χ1v) is 7.06. The van der Waals surface area contributed by atoms with Gasteiger partial charge >= 0.3 is 0 Å². The van der Waals surface area contributed by atoms with Crippen LogP contribution in [0.5, 0.6) is 0 Å². The topological polar surface area (TPSA) is 75.3 Å². The van der Waals surface area contributed by atoms with Gasteiger partial charge in [-0.1, -0.05) is 25.9 Å². The third kappa shape index (κ3) is 8.90. The molecule has 0 aliphatic rings. The Morgan fingerprint density at radius 3 is 2.52 bits per heavy atom. The van der Waals surface area contributed by atoms with Gasteiger partial charge in [0, 0.05) is 13.1 Å². The molecule has 7 heteroatoms.